The molecule has 2 N–H and O–H groups in total. The summed E-state index contributed by atoms with van der Waals surface area (Å²) in [4.78, 5) is 10.5. The van der Waals surface area contributed by atoms with Crippen molar-refractivity contribution >= 4 is 5.97 Å². The Morgan fingerprint density at radius 1 is 1.70 bits per heavy atom. The SMILES string of the molecule is C#CCCOC(=O)CCN. The Balaban J connectivity index is 3.15. The van der Waals surface area contributed by atoms with E-state index in [0.29, 0.717) is 19.6 Å². The summed E-state index contributed by atoms with van der Waals surface area (Å²) in [5, 5.41) is 0. The van der Waals surface area contributed by atoms with Crippen LogP contribution < -0.4 is 5.73 Å². The zero-order valence-electron chi connectivity index (χ0n) is 5.80. The summed E-state index contributed by atoms with van der Waals surface area (Å²) >= 11 is 0. The smallest absolute Gasteiger partial charge is 0.307 e. The Hall–Kier alpha value is -1.01. The number of terminal acetylenes is 1. The van der Waals surface area contributed by atoms with E-state index in [-0.39, 0.29) is 12.4 Å². The molecule has 0 aliphatic heterocycles. The number of carbonyl (C=O) groups is 1. The van der Waals surface area contributed by atoms with Gasteiger partial charge in [-0.25, -0.2) is 0 Å². The highest BCUT2D eigenvalue weighted by molar-refractivity contribution is 5.69. The van der Waals surface area contributed by atoms with Gasteiger partial charge in [-0.2, -0.15) is 0 Å². The predicted molar refractivity (Wildman–Crippen MR) is 38.1 cm³/mol. The van der Waals surface area contributed by atoms with Gasteiger partial charge < -0.3 is 10.5 Å². The predicted octanol–water partition coefficient (Wildman–Crippen LogP) is -0.0983. The van der Waals surface area contributed by atoms with E-state index >= 15 is 0 Å². The summed E-state index contributed by atoms with van der Waals surface area (Å²) < 4.78 is 4.66. The lowest BCUT2D eigenvalue weighted by Crippen LogP contribution is -2.11. The zero-order chi connectivity index (χ0) is 7.82. The molecule has 0 spiro atoms. The molecule has 0 aromatic carbocycles. The van der Waals surface area contributed by atoms with Crippen LogP contribution in [-0.2, 0) is 9.53 Å². The van der Waals surface area contributed by atoms with Crippen molar-refractivity contribution in [2.24, 2.45) is 5.73 Å². The maximum Gasteiger partial charge on any atom is 0.307 e. The van der Waals surface area contributed by atoms with Crippen LogP contribution in [0.5, 0.6) is 0 Å². The molecule has 0 heterocycles. The van der Waals surface area contributed by atoms with Crippen molar-refractivity contribution in [3.8, 4) is 12.3 Å². The number of rotatable bonds is 4. The van der Waals surface area contributed by atoms with Gasteiger partial charge in [-0.05, 0) is 0 Å². The van der Waals surface area contributed by atoms with Gasteiger partial charge in [0.2, 0.25) is 0 Å². The topological polar surface area (TPSA) is 52.3 Å². The van der Waals surface area contributed by atoms with Crippen molar-refractivity contribution in [3.05, 3.63) is 0 Å². The normalized spacial score (nSPS) is 8.40. The van der Waals surface area contributed by atoms with Crippen molar-refractivity contribution < 1.29 is 9.53 Å². The van der Waals surface area contributed by atoms with E-state index in [9.17, 15) is 4.79 Å². The van der Waals surface area contributed by atoms with Gasteiger partial charge in [0, 0.05) is 13.0 Å². The third-order valence-electron chi connectivity index (χ3n) is 0.858. The van der Waals surface area contributed by atoms with Crippen LogP contribution in [0.3, 0.4) is 0 Å². The molecular formula is C7H11NO2. The average molecular weight is 141 g/mol. The molecule has 10 heavy (non-hydrogen) atoms. The van der Waals surface area contributed by atoms with Crippen LogP contribution in [0.1, 0.15) is 12.8 Å². The van der Waals surface area contributed by atoms with Crippen LogP contribution in [0.25, 0.3) is 0 Å². The lowest BCUT2D eigenvalue weighted by atomic mass is 10.4. The molecule has 0 aliphatic rings. The van der Waals surface area contributed by atoms with Crippen LogP contribution in [0.2, 0.25) is 0 Å². The molecule has 0 rings (SSSR count). The number of hydrogen-bond acceptors (Lipinski definition) is 3. The first-order valence-corrected chi connectivity index (χ1v) is 3.10. The van der Waals surface area contributed by atoms with Gasteiger partial charge in [0.05, 0.1) is 6.42 Å². The molecule has 0 aromatic heterocycles. The minimum Gasteiger partial charge on any atom is -0.465 e. The van der Waals surface area contributed by atoms with Crippen LogP contribution >= 0.6 is 0 Å². The highest BCUT2D eigenvalue weighted by atomic mass is 16.5. The highest BCUT2D eigenvalue weighted by Crippen LogP contribution is 1.85. The first-order valence-electron chi connectivity index (χ1n) is 3.10. The quantitative estimate of drug-likeness (QED) is 0.338. The maximum atomic E-state index is 10.5. The first kappa shape index (κ1) is 8.99. The summed E-state index contributed by atoms with van der Waals surface area (Å²) in [6.07, 6.45) is 5.66. The Bertz CT molecular complexity index is 137. The number of hydrogen-bond donors (Lipinski definition) is 1. The van der Waals surface area contributed by atoms with E-state index < -0.39 is 0 Å². The maximum absolute atomic E-state index is 10.5. The molecule has 0 unspecified atom stereocenters. The second-order valence-corrected chi connectivity index (χ2v) is 1.71. The molecule has 0 radical (unpaired) electrons. The van der Waals surface area contributed by atoms with Crippen LogP contribution in [0, 0.1) is 12.3 Å². The Kier molecular flexibility index (Phi) is 5.50. The zero-order valence-corrected chi connectivity index (χ0v) is 5.80. The second-order valence-electron chi connectivity index (χ2n) is 1.71. The van der Waals surface area contributed by atoms with Crippen LogP contribution in [0.4, 0.5) is 0 Å². The number of ether oxygens (including phenoxy) is 1. The number of esters is 1. The van der Waals surface area contributed by atoms with E-state index in [1.54, 1.807) is 0 Å². The second kappa shape index (κ2) is 6.12. The summed E-state index contributed by atoms with van der Waals surface area (Å²) in [5.41, 5.74) is 5.09. The number of nitrogens with two attached hydrogens (primary N) is 1. The summed E-state index contributed by atoms with van der Waals surface area (Å²) in [6.45, 7) is 0.629. The largest absolute Gasteiger partial charge is 0.465 e. The summed E-state index contributed by atoms with van der Waals surface area (Å²) in [6, 6.07) is 0. The fraction of sp³-hybridized carbons (Fsp3) is 0.571. The van der Waals surface area contributed by atoms with E-state index in [1.807, 2.05) is 0 Å². The molecule has 3 heteroatoms. The molecule has 0 bridgehead atoms. The highest BCUT2D eigenvalue weighted by Gasteiger charge is 1.97. The third kappa shape index (κ3) is 5.13. The van der Waals surface area contributed by atoms with E-state index in [4.69, 9.17) is 12.2 Å². The fourth-order valence-corrected chi connectivity index (χ4v) is 0.414. The molecule has 0 fully saturated rings. The first-order chi connectivity index (χ1) is 4.81. The summed E-state index contributed by atoms with van der Waals surface area (Å²) in [5.74, 6) is 2.08. The molecule has 56 valence electrons. The minimum atomic E-state index is -0.280. The monoisotopic (exact) mass is 141 g/mol. The molecule has 0 aromatic rings. The van der Waals surface area contributed by atoms with E-state index in [2.05, 4.69) is 10.7 Å². The Morgan fingerprint density at radius 3 is 2.90 bits per heavy atom. The molecular weight excluding hydrogens is 130 g/mol. The van der Waals surface area contributed by atoms with Crippen molar-refractivity contribution in [3.63, 3.8) is 0 Å². The molecule has 0 amide bonds. The van der Waals surface area contributed by atoms with Gasteiger partial charge in [0.15, 0.2) is 0 Å². The standard InChI is InChI=1S/C7H11NO2/c1-2-3-6-10-7(9)4-5-8/h1H,3-6,8H2. The van der Waals surface area contributed by atoms with Crippen molar-refractivity contribution in [2.45, 2.75) is 12.8 Å². The average Bonchev–Trinajstić information content (AvgIpc) is 1.89. The lowest BCUT2D eigenvalue weighted by Gasteiger charge is -1.98. The Morgan fingerprint density at radius 2 is 2.40 bits per heavy atom. The van der Waals surface area contributed by atoms with Crippen LogP contribution in [0.15, 0.2) is 0 Å². The van der Waals surface area contributed by atoms with Crippen molar-refractivity contribution in [1.29, 1.82) is 0 Å². The molecule has 0 atom stereocenters. The van der Waals surface area contributed by atoms with E-state index in [0.717, 1.165) is 0 Å². The van der Waals surface area contributed by atoms with Crippen molar-refractivity contribution in [1.82, 2.24) is 0 Å². The van der Waals surface area contributed by atoms with Gasteiger partial charge in [-0.1, -0.05) is 0 Å². The van der Waals surface area contributed by atoms with Gasteiger partial charge >= 0.3 is 5.97 Å². The van der Waals surface area contributed by atoms with Gasteiger partial charge in [-0.15, -0.1) is 12.3 Å². The number of carbonyl (C=O) groups excluding carboxylic acids is 1. The molecule has 0 aliphatic carbocycles. The lowest BCUT2D eigenvalue weighted by molar-refractivity contribution is -0.143. The third-order valence-corrected chi connectivity index (χ3v) is 0.858. The molecule has 0 saturated carbocycles. The summed E-state index contributed by atoms with van der Waals surface area (Å²) in [7, 11) is 0. The van der Waals surface area contributed by atoms with Crippen LogP contribution in [-0.4, -0.2) is 19.1 Å². The minimum absolute atomic E-state index is 0.268. The fourth-order valence-electron chi connectivity index (χ4n) is 0.414. The van der Waals surface area contributed by atoms with Crippen molar-refractivity contribution in [2.75, 3.05) is 13.2 Å². The Labute approximate surface area is 60.5 Å². The molecule has 0 saturated heterocycles. The van der Waals surface area contributed by atoms with Gasteiger partial charge in [-0.3, -0.25) is 4.79 Å². The molecule has 3 nitrogen and oxygen atoms in total. The van der Waals surface area contributed by atoms with Gasteiger partial charge in [0.1, 0.15) is 6.61 Å². The van der Waals surface area contributed by atoms with E-state index in [1.165, 1.54) is 0 Å². The van der Waals surface area contributed by atoms with Gasteiger partial charge in [0.25, 0.3) is 0 Å².